The second kappa shape index (κ2) is 2.31. The van der Waals surface area contributed by atoms with Gasteiger partial charge in [0, 0.05) is 5.92 Å². The van der Waals surface area contributed by atoms with Crippen LogP contribution in [-0.2, 0) is 0 Å². The Morgan fingerprint density at radius 1 is 1.70 bits per heavy atom. The number of hydrogen-bond acceptors (Lipinski definition) is 3. The van der Waals surface area contributed by atoms with E-state index in [0.717, 1.165) is 0 Å². The minimum Gasteiger partial charge on any atom is -0.363 e. The molecule has 0 saturated heterocycles. The maximum Gasteiger partial charge on any atom is 0.137 e. The largest absolute Gasteiger partial charge is 0.363 e. The van der Waals surface area contributed by atoms with Crippen molar-refractivity contribution < 1.29 is 4.52 Å². The molecule has 1 aromatic heterocycles. The lowest BCUT2D eigenvalue weighted by molar-refractivity contribution is 0.411. The molecule has 0 aliphatic heterocycles. The molecule has 0 aromatic carbocycles. The highest BCUT2D eigenvalue weighted by atomic mass is 32.2. The summed E-state index contributed by atoms with van der Waals surface area (Å²) in [7, 11) is 0. The van der Waals surface area contributed by atoms with Gasteiger partial charge in [-0.25, -0.2) is 0 Å². The standard InChI is InChI=1S/C7H9NOS/c1-10-6-4-9-8-7(6)5-2-3-5/h4-5H,2-3H2,1H3. The molecule has 0 unspecified atom stereocenters. The molecule has 1 aliphatic rings. The van der Waals surface area contributed by atoms with Crippen molar-refractivity contribution >= 4 is 11.8 Å². The average Bonchev–Trinajstić information content (AvgIpc) is 2.69. The normalized spacial score (nSPS) is 17.7. The molecule has 1 fully saturated rings. The van der Waals surface area contributed by atoms with E-state index in [0.29, 0.717) is 5.92 Å². The first kappa shape index (κ1) is 6.28. The summed E-state index contributed by atoms with van der Waals surface area (Å²) in [4.78, 5) is 1.21. The molecular weight excluding hydrogens is 146 g/mol. The highest BCUT2D eigenvalue weighted by Crippen LogP contribution is 2.42. The summed E-state index contributed by atoms with van der Waals surface area (Å²) in [6.45, 7) is 0. The Morgan fingerprint density at radius 2 is 2.50 bits per heavy atom. The average molecular weight is 155 g/mol. The maximum atomic E-state index is 4.87. The second-order valence-electron chi connectivity index (χ2n) is 2.54. The van der Waals surface area contributed by atoms with E-state index < -0.39 is 0 Å². The molecule has 0 amide bonds. The number of nitrogens with zero attached hydrogens (tertiary/aromatic N) is 1. The summed E-state index contributed by atoms with van der Waals surface area (Å²) in [6, 6.07) is 0. The topological polar surface area (TPSA) is 26.0 Å². The van der Waals surface area contributed by atoms with E-state index >= 15 is 0 Å². The van der Waals surface area contributed by atoms with E-state index in [1.165, 1.54) is 23.4 Å². The molecule has 0 spiro atoms. The molecule has 2 rings (SSSR count). The molecule has 0 N–H and O–H groups in total. The summed E-state index contributed by atoms with van der Waals surface area (Å²) < 4.78 is 4.87. The van der Waals surface area contributed by atoms with Gasteiger partial charge in [0.15, 0.2) is 0 Å². The molecule has 10 heavy (non-hydrogen) atoms. The number of thioether (sulfide) groups is 1. The van der Waals surface area contributed by atoms with Crippen molar-refractivity contribution in [1.82, 2.24) is 5.16 Å². The SMILES string of the molecule is CSc1conc1C1CC1. The molecule has 3 heteroatoms. The van der Waals surface area contributed by atoms with Crippen LogP contribution >= 0.6 is 11.8 Å². The van der Waals surface area contributed by atoms with Crippen LogP contribution in [0.5, 0.6) is 0 Å². The van der Waals surface area contributed by atoms with Crippen LogP contribution in [0.2, 0.25) is 0 Å². The van der Waals surface area contributed by atoms with Crippen molar-refractivity contribution in [2.24, 2.45) is 0 Å². The van der Waals surface area contributed by atoms with E-state index in [9.17, 15) is 0 Å². The van der Waals surface area contributed by atoms with Gasteiger partial charge in [-0.2, -0.15) is 0 Å². The first-order valence-corrected chi connectivity index (χ1v) is 4.62. The van der Waals surface area contributed by atoms with Crippen LogP contribution in [0, 0.1) is 0 Å². The van der Waals surface area contributed by atoms with E-state index in [2.05, 4.69) is 11.4 Å². The third-order valence-corrected chi connectivity index (χ3v) is 2.49. The monoisotopic (exact) mass is 155 g/mol. The van der Waals surface area contributed by atoms with Gasteiger partial charge in [0.25, 0.3) is 0 Å². The lowest BCUT2D eigenvalue weighted by Crippen LogP contribution is -1.79. The fraction of sp³-hybridized carbons (Fsp3) is 0.571. The Kier molecular flexibility index (Phi) is 1.45. The van der Waals surface area contributed by atoms with Crippen molar-refractivity contribution in [3.63, 3.8) is 0 Å². The van der Waals surface area contributed by atoms with Gasteiger partial charge in [-0.15, -0.1) is 11.8 Å². The molecule has 0 atom stereocenters. The van der Waals surface area contributed by atoms with Crippen LogP contribution in [-0.4, -0.2) is 11.4 Å². The quantitative estimate of drug-likeness (QED) is 0.613. The highest BCUT2D eigenvalue weighted by molar-refractivity contribution is 7.98. The third-order valence-electron chi connectivity index (χ3n) is 1.75. The Bertz CT molecular complexity index is 229. The van der Waals surface area contributed by atoms with Crippen molar-refractivity contribution in [2.75, 3.05) is 6.26 Å². The lowest BCUT2D eigenvalue weighted by Gasteiger charge is -1.90. The zero-order valence-corrected chi connectivity index (χ0v) is 6.65. The van der Waals surface area contributed by atoms with Gasteiger partial charge in [0.2, 0.25) is 0 Å². The van der Waals surface area contributed by atoms with Crippen LogP contribution < -0.4 is 0 Å². The van der Waals surface area contributed by atoms with Crippen LogP contribution in [0.3, 0.4) is 0 Å². The zero-order chi connectivity index (χ0) is 6.97. The number of rotatable bonds is 2. The molecule has 54 valence electrons. The van der Waals surface area contributed by atoms with Crippen LogP contribution in [0.15, 0.2) is 15.7 Å². The van der Waals surface area contributed by atoms with Crippen LogP contribution in [0.4, 0.5) is 0 Å². The van der Waals surface area contributed by atoms with E-state index in [1.54, 1.807) is 18.0 Å². The molecule has 1 aliphatic carbocycles. The minimum atomic E-state index is 0.709. The molecule has 0 radical (unpaired) electrons. The molecule has 1 aromatic rings. The van der Waals surface area contributed by atoms with Gasteiger partial charge in [-0.1, -0.05) is 5.16 Å². The van der Waals surface area contributed by atoms with Crippen LogP contribution in [0.25, 0.3) is 0 Å². The lowest BCUT2D eigenvalue weighted by atomic mass is 10.3. The molecule has 2 nitrogen and oxygen atoms in total. The van der Waals surface area contributed by atoms with Gasteiger partial charge in [-0.05, 0) is 19.1 Å². The van der Waals surface area contributed by atoms with Gasteiger partial charge in [0.1, 0.15) is 12.0 Å². The van der Waals surface area contributed by atoms with Crippen molar-refractivity contribution in [1.29, 1.82) is 0 Å². The first-order valence-electron chi connectivity index (χ1n) is 3.40. The van der Waals surface area contributed by atoms with Gasteiger partial charge >= 0.3 is 0 Å². The molecule has 1 heterocycles. The predicted molar refractivity (Wildman–Crippen MR) is 40.3 cm³/mol. The first-order chi connectivity index (χ1) is 4.92. The predicted octanol–water partition coefficient (Wildman–Crippen LogP) is 2.27. The summed E-state index contributed by atoms with van der Waals surface area (Å²) in [5.41, 5.74) is 1.17. The van der Waals surface area contributed by atoms with E-state index in [-0.39, 0.29) is 0 Å². The number of hydrogen-bond donors (Lipinski definition) is 0. The van der Waals surface area contributed by atoms with Gasteiger partial charge < -0.3 is 4.52 Å². The van der Waals surface area contributed by atoms with Crippen molar-refractivity contribution in [3.05, 3.63) is 12.0 Å². The van der Waals surface area contributed by atoms with Gasteiger partial charge in [-0.3, -0.25) is 0 Å². The zero-order valence-electron chi connectivity index (χ0n) is 5.83. The second-order valence-corrected chi connectivity index (χ2v) is 3.39. The highest BCUT2D eigenvalue weighted by Gasteiger charge is 2.28. The Morgan fingerprint density at radius 3 is 3.10 bits per heavy atom. The molecule has 0 bridgehead atoms. The van der Waals surface area contributed by atoms with E-state index in [4.69, 9.17) is 4.52 Å². The van der Waals surface area contributed by atoms with Crippen LogP contribution in [0.1, 0.15) is 24.5 Å². The Balaban J connectivity index is 2.28. The number of aromatic nitrogens is 1. The summed E-state index contributed by atoms with van der Waals surface area (Å²) in [5, 5.41) is 3.95. The summed E-state index contributed by atoms with van der Waals surface area (Å²) in [6.07, 6.45) is 6.37. The van der Waals surface area contributed by atoms with Crippen molar-refractivity contribution in [3.8, 4) is 0 Å². The summed E-state index contributed by atoms with van der Waals surface area (Å²) in [5.74, 6) is 0.709. The van der Waals surface area contributed by atoms with Crippen molar-refractivity contribution in [2.45, 2.75) is 23.7 Å². The fourth-order valence-corrected chi connectivity index (χ4v) is 1.57. The maximum absolute atomic E-state index is 4.87. The van der Waals surface area contributed by atoms with E-state index in [1.807, 2.05) is 0 Å². The Hall–Kier alpha value is -0.440. The molecular formula is C7H9NOS. The smallest absolute Gasteiger partial charge is 0.137 e. The third kappa shape index (κ3) is 0.944. The molecule has 1 saturated carbocycles. The fourth-order valence-electron chi connectivity index (χ4n) is 1.02. The summed E-state index contributed by atoms with van der Waals surface area (Å²) >= 11 is 1.71. The Labute approximate surface area is 64.0 Å². The van der Waals surface area contributed by atoms with Gasteiger partial charge in [0.05, 0.1) is 4.90 Å². The minimum absolute atomic E-state index is 0.709.